The first-order valence-electron chi connectivity index (χ1n) is 5.29. The number of amides is 2. The van der Waals surface area contributed by atoms with E-state index in [1.165, 1.54) is 11.5 Å². The number of nitrogens with two attached hydrogens (primary N) is 1. The summed E-state index contributed by atoms with van der Waals surface area (Å²) in [5, 5.41) is 4.37. The molecule has 0 bridgehead atoms. The fourth-order valence-electron chi connectivity index (χ4n) is 1.24. The maximum atomic E-state index is 11.6. The maximum Gasteiger partial charge on any atom is 0.268 e. The molecule has 2 rings (SSSR count). The molecule has 2 aromatic rings. The van der Waals surface area contributed by atoms with E-state index in [2.05, 4.69) is 15.3 Å². The summed E-state index contributed by atoms with van der Waals surface area (Å²) in [4.78, 5) is 30.2. The lowest BCUT2D eigenvalue weighted by molar-refractivity contribution is -0.111. The van der Waals surface area contributed by atoms with Crippen LogP contribution in [-0.2, 0) is 4.79 Å². The van der Waals surface area contributed by atoms with Gasteiger partial charge in [-0.05, 0) is 23.8 Å². The van der Waals surface area contributed by atoms with Crippen molar-refractivity contribution in [3.8, 4) is 0 Å². The van der Waals surface area contributed by atoms with Crippen LogP contribution in [0.25, 0.3) is 6.08 Å². The zero-order chi connectivity index (χ0) is 13.7. The van der Waals surface area contributed by atoms with Gasteiger partial charge in [-0.25, -0.2) is 4.98 Å². The summed E-state index contributed by atoms with van der Waals surface area (Å²) in [6.07, 6.45) is 6.30. The molecule has 0 fully saturated rings. The van der Waals surface area contributed by atoms with E-state index in [4.69, 9.17) is 5.73 Å². The molecule has 19 heavy (non-hydrogen) atoms. The van der Waals surface area contributed by atoms with Gasteiger partial charge in [0.25, 0.3) is 5.91 Å². The van der Waals surface area contributed by atoms with Gasteiger partial charge in [-0.2, -0.15) is 0 Å². The highest BCUT2D eigenvalue weighted by atomic mass is 32.1. The minimum Gasteiger partial charge on any atom is -0.364 e. The standard InChI is InChI=1S/C12H10N4O2S/c13-11(18)9-7-19-12(15-9)16-10(17)2-1-8-3-5-14-6-4-8/h1-7H,(H2,13,18)(H,15,16,17). The van der Waals surface area contributed by atoms with Crippen molar-refractivity contribution < 1.29 is 9.59 Å². The van der Waals surface area contributed by atoms with Gasteiger partial charge in [0.2, 0.25) is 5.91 Å². The zero-order valence-corrected chi connectivity index (χ0v) is 10.6. The molecule has 2 amide bonds. The molecule has 0 aliphatic heterocycles. The van der Waals surface area contributed by atoms with E-state index in [9.17, 15) is 9.59 Å². The van der Waals surface area contributed by atoms with E-state index < -0.39 is 5.91 Å². The topological polar surface area (TPSA) is 98.0 Å². The third-order valence-corrected chi connectivity index (χ3v) is 2.88. The van der Waals surface area contributed by atoms with Crippen LogP contribution >= 0.6 is 11.3 Å². The number of nitrogens with zero attached hydrogens (tertiary/aromatic N) is 2. The van der Waals surface area contributed by atoms with Crippen molar-refractivity contribution in [1.29, 1.82) is 0 Å². The summed E-state index contributed by atoms with van der Waals surface area (Å²) in [5.74, 6) is -0.953. The normalized spacial score (nSPS) is 10.5. The molecule has 0 aliphatic rings. The highest BCUT2D eigenvalue weighted by Gasteiger charge is 2.07. The Kier molecular flexibility index (Phi) is 3.99. The quantitative estimate of drug-likeness (QED) is 0.821. The minimum atomic E-state index is -0.621. The largest absolute Gasteiger partial charge is 0.364 e. The lowest BCUT2D eigenvalue weighted by Gasteiger charge is -1.95. The van der Waals surface area contributed by atoms with Crippen LogP contribution < -0.4 is 11.1 Å². The number of primary amides is 1. The summed E-state index contributed by atoms with van der Waals surface area (Å²) in [6, 6.07) is 3.55. The van der Waals surface area contributed by atoms with Crippen LogP contribution in [0.15, 0.2) is 36.0 Å². The molecule has 0 saturated carbocycles. The third kappa shape index (κ3) is 3.71. The monoisotopic (exact) mass is 274 g/mol. The Balaban J connectivity index is 1.97. The summed E-state index contributed by atoms with van der Waals surface area (Å²) in [6.45, 7) is 0. The van der Waals surface area contributed by atoms with Gasteiger partial charge in [-0.1, -0.05) is 0 Å². The molecule has 0 saturated heterocycles. The second kappa shape index (κ2) is 5.87. The van der Waals surface area contributed by atoms with Gasteiger partial charge in [0.05, 0.1) is 0 Å². The molecule has 2 aromatic heterocycles. The van der Waals surface area contributed by atoms with Crippen LogP contribution in [0.2, 0.25) is 0 Å². The number of anilines is 1. The molecule has 7 heteroatoms. The number of hydrogen-bond acceptors (Lipinski definition) is 5. The molecular weight excluding hydrogens is 264 g/mol. The molecule has 2 heterocycles. The molecule has 0 aromatic carbocycles. The average molecular weight is 274 g/mol. The number of carbonyl (C=O) groups excluding carboxylic acids is 2. The van der Waals surface area contributed by atoms with E-state index in [0.29, 0.717) is 5.13 Å². The Labute approximate surface area is 113 Å². The number of pyridine rings is 1. The minimum absolute atomic E-state index is 0.137. The number of thiazole rings is 1. The Hall–Kier alpha value is -2.54. The van der Waals surface area contributed by atoms with Gasteiger partial charge < -0.3 is 5.73 Å². The Bertz CT molecular complexity index is 622. The van der Waals surface area contributed by atoms with Gasteiger partial charge in [0.15, 0.2) is 5.13 Å². The number of aromatic nitrogens is 2. The fraction of sp³-hybridized carbons (Fsp3) is 0. The molecule has 0 unspecified atom stereocenters. The van der Waals surface area contributed by atoms with Crippen LogP contribution in [0.4, 0.5) is 5.13 Å². The molecular formula is C12H10N4O2S. The molecule has 0 radical (unpaired) electrons. The van der Waals surface area contributed by atoms with E-state index in [0.717, 1.165) is 16.9 Å². The molecule has 0 spiro atoms. The summed E-state index contributed by atoms with van der Waals surface area (Å²) in [7, 11) is 0. The van der Waals surface area contributed by atoms with Crippen LogP contribution in [-0.4, -0.2) is 21.8 Å². The first kappa shape index (κ1) is 12.9. The van der Waals surface area contributed by atoms with Crippen molar-refractivity contribution in [2.24, 2.45) is 5.73 Å². The molecule has 0 aliphatic carbocycles. The first-order valence-corrected chi connectivity index (χ1v) is 6.17. The van der Waals surface area contributed by atoms with E-state index in [-0.39, 0.29) is 11.6 Å². The maximum absolute atomic E-state index is 11.6. The summed E-state index contributed by atoms with van der Waals surface area (Å²) >= 11 is 1.14. The van der Waals surface area contributed by atoms with Crippen LogP contribution in [0.3, 0.4) is 0 Å². The SMILES string of the molecule is NC(=O)c1csc(NC(=O)C=Cc2ccncc2)n1. The molecule has 6 nitrogen and oxygen atoms in total. The Morgan fingerprint density at radius 3 is 2.68 bits per heavy atom. The van der Waals surface area contributed by atoms with Crippen molar-refractivity contribution in [2.75, 3.05) is 5.32 Å². The number of hydrogen-bond donors (Lipinski definition) is 2. The van der Waals surface area contributed by atoms with Crippen LogP contribution in [0, 0.1) is 0 Å². The van der Waals surface area contributed by atoms with E-state index >= 15 is 0 Å². The zero-order valence-electron chi connectivity index (χ0n) is 9.74. The van der Waals surface area contributed by atoms with Crippen molar-refractivity contribution >= 4 is 34.4 Å². The van der Waals surface area contributed by atoms with Gasteiger partial charge >= 0.3 is 0 Å². The lowest BCUT2D eigenvalue weighted by Crippen LogP contribution is -2.12. The van der Waals surface area contributed by atoms with Crippen molar-refractivity contribution in [3.63, 3.8) is 0 Å². The van der Waals surface area contributed by atoms with Gasteiger partial charge in [-0.3, -0.25) is 19.9 Å². The summed E-state index contributed by atoms with van der Waals surface area (Å²) in [5.41, 5.74) is 6.07. The highest BCUT2D eigenvalue weighted by molar-refractivity contribution is 7.14. The third-order valence-electron chi connectivity index (χ3n) is 2.12. The molecule has 96 valence electrons. The lowest BCUT2D eigenvalue weighted by atomic mass is 10.2. The Morgan fingerprint density at radius 1 is 1.32 bits per heavy atom. The number of carbonyl (C=O) groups is 2. The van der Waals surface area contributed by atoms with Crippen molar-refractivity contribution in [1.82, 2.24) is 9.97 Å². The van der Waals surface area contributed by atoms with Crippen molar-refractivity contribution in [2.45, 2.75) is 0 Å². The second-order valence-corrected chi connectivity index (χ2v) is 4.36. The van der Waals surface area contributed by atoms with Crippen LogP contribution in [0.5, 0.6) is 0 Å². The summed E-state index contributed by atoms with van der Waals surface area (Å²) < 4.78 is 0. The number of nitrogens with one attached hydrogen (secondary N) is 1. The molecule has 3 N–H and O–H groups in total. The average Bonchev–Trinajstić information content (AvgIpc) is 2.86. The highest BCUT2D eigenvalue weighted by Crippen LogP contribution is 2.14. The Morgan fingerprint density at radius 2 is 2.05 bits per heavy atom. The van der Waals surface area contributed by atoms with Gasteiger partial charge in [-0.15, -0.1) is 11.3 Å². The van der Waals surface area contributed by atoms with Crippen LogP contribution in [0.1, 0.15) is 16.1 Å². The predicted octanol–water partition coefficient (Wildman–Crippen LogP) is 1.29. The van der Waals surface area contributed by atoms with Gasteiger partial charge in [0.1, 0.15) is 5.69 Å². The fourth-order valence-corrected chi connectivity index (χ4v) is 1.94. The first-order chi connectivity index (χ1) is 9.15. The number of rotatable bonds is 4. The molecule has 0 atom stereocenters. The van der Waals surface area contributed by atoms with Gasteiger partial charge in [0, 0.05) is 23.8 Å². The second-order valence-electron chi connectivity index (χ2n) is 3.51. The van der Waals surface area contributed by atoms with E-state index in [1.54, 1.807) is 30.6 Å². The predicted molar refractivity (Wildman–Crippen MR) is 72.5 cm³/mol. The van der Waals surface area contributed by atoms with Crippen molar-refractivity contribution in [3.05, 3.63) is 47.2 Å². The van der Waals surface area contributed by atoms with E-state index in [1.807, 2.05) is 0 Å². The smallest absolute Gasteiger partial charge is 0.268 e.